The maximum atomic E-state index is 9.75. The SMILES string of the molecule is C=CC[C@H](O)C[C@@H](O)CCCCCCCCCCC. The fourth-order valence-electron chi connectivity index (χ4n) is 2.41. The van der Waals surface area contributed by atoms with Gasteiger partial charge in [-0.25, -0.2) is 0 Å². The third kappa shape index (κ3) is 13.9. The third-order valence-electron chi connectivity index (χ3n) is 3.62. The highest BCUT2D eigenvalue weighted by Crippen LogP contribution is 2.13. The van der Waals surface area contributed by atoms with E-state index in [1.807, 2.05) is 0 Å². The molecule has 114 valence electrons. The average molecular weight is 270 g/mol. The second kappa shape index (κ2) is 14.1. The Balaban J connectivity index is 3.22. The van der Waals surface area contributed by atoms with E-state index < -0.39 is 6.10 Å². The van der Waals surface area contributed by atoms with Gasteiger partial charge in [-0.3, -0.25) is 0 Å². The van der Waals surface area contributed by atoms with Crippen LogP contribution in [0.5, 0.6) is 0 Å². The summed E-state index contributed by atoms with van der Waals surface area (Å²) in [6.45, 7) is 5.84. The van der Waals surface area contributed by atoms with E-state index in [0.717, 1.165) is 12.8 Å². The summed E-state index contributed by atoms with van der Waals surface area (Å²) in [5.41, 5.74) is 0. The van der Waals surface area contributed by atoms with Crippen molar-refractivity contribution < 1.29 is 10.2 Å². The maximum Gasteiger partial charge on any atom is 0.0599 e. The molecule has 2 heteroatoms. The fraction of sp³-hybridized carbons (Fsp3) is 0.882. The molecule has 0 aromatic rings. The summed E-state index contributed by atoms with van der Waals surface area (Å²) in [5, 5.41) is 19.3. The molecular formula is C17H34O2. The van der Waals surface area contributed by atoms with Gasteiger partial charge in [-0.2, -0.15) is 0 Å². The topological polar surface area (TPSA) is 40.5 Å². The Labute approximate surface area is 119 Å². The molecule has 0 amide bonds. The lowest BCUT2D eigenvalue weighted by Crippen LogP contribution is -2.16. The maximum absolute atomic E-state index is 9.75. The Morgan fingerprint density at radius 3 is 1.89 bits per heavy atom. The van der Waals surface area contributed by atoms with Crippen molar-refractivity contribution in [3.8, 4) is 0 Å². The lowest BCUT2D eigenvalue weighted by molar-refractivity contribution is 0.0757. The number of aliphatic hydroxyl groups excluding tert-OH is 2. The molecule has 2 atom stereocenters. The first-order valence-electron chi connectivity index (χ1n) is 8.17. The van der Waals surface area contributed by atoms with E-state index in [1.165, 1.54) is 51.4 Å². The number of hydrogen-bond acceptors (Lipinski definition) is 2. The van der Waals surface area contributed by atoms with Crippen molar-refractivity contribution in [3.63, 3.8) is 0 Å². The molecular weight excluding hydrogens is 236 g/mol. The molecule has 0 rings (SSSR count). The molecule has 0 unspecified atom stereocenters. The number of aliphatic hydroxyl groups is 2. The van der Waals surface area contributed by atoms with Gasteiger partial charge in [0.15, 0.2) is 0 Å². The van der Waals surface area contributed by atoms with Crippen LogP contribution in [0.25, 0.3) is 0 Å². The van der Waals surface area contributed by atoms with Gasteiger partial charge in [0.25, 0.3) is 0 Å². The van der Waals surface area contributed by atoms with Gasteiger partial charge in [0, 0.05) is 0 Å². The molecule has 0 aliphatic heterocycles. The van der Waals surface area contributed by atoms with Gasteiger partial charge in [-0.05, 0) is 19.3 Å². The molecule has 2 N–H and O–H groups in total. The van der Waals surface area contributed by atoms with Crippen LogP contribution in [0.2, 0.25) is 0 Å². The monoisotopic (exact) mass is 270 g/mol. The molecule has 0 saturated carbocycles. The van der Waals surface area contributed by atoms with Gasteiger partial charge < -0.3 is 10.2 Å². The van der Waals surface area contributed by atoms with Crippen molar-refractivity contribution >= 4 is 0 Å². The molecule has 0 aliphatic rings. The van der Waals surface area contributed by atoms with Crippen molar-refractivity contribution in [1.29, 1.82) is 0 Å². The van der Waals surface area contributed by atoms with E-state index in [2.05, 4.69) is 13.5 Å². The van der Waals surface area contributed by atoms with Crippen molar-refractivity contribution in [2.75, 3.05) is 0 Å². The number of hydrogen-bond donors (Lipinski definition) is 2. The number of rotatable bonds is 14. The van der Waals surface area contributed by atoms with Crippen molar-refractivity contribution in [2.24, 2.45) is 0 Å². The summed E-state index contributed by atoms with van der Waals surface area (Å²) >= 11 is 0. The van der Waals surface area contributed by atoms with E-state index >= 15 is 0 Å². The minimum absolute atomic E-state index is 0.348. The Bertz CT molecular complexity index is 192. The highest BCUT2D eigenvalue weighted by molar-refractivity contribution is 4.74. The molecule has 19 heavy (non-hydrogen) atoms. The van der Waals surface area contributed by atoms with E-state index in [1.54, 1.807) is 6.08 Å². The summed E-state index contributed by atoms with van der Waals surface area (Å²) in [7, 11) is 0. The van der Waals surface area contributed by atoms with E-state index in [4.69, 9.17) is 0 Å². The Kier molecular flexibility index (Phi) is 13.8. The van der Waals surface area contributed by atoms with Crippen molar-refractivity contribution in [1.82, 2.24) is 0 Å². The Morgan fingerprint density at radius 1 is 0.842 bits per heavy atom. The molecule has 0 heterocycles. The highest BCUT2D eigenvalue weighted by Gasteiger charge is 2.10. The van der Waals surface area contributed by atoms with Crippen LogP contribution < -0.4 is 0 Å². The van der Waals surface area contributed by atoms with Gasteiger partial charge in [-0.1, -0.05) is 70.8 Å². The van der Waals surface area contributed by atoms with E-state index in [0.29, 0.717) is 12.8 Å². The predicted octanol–water partition coefficient (Wildman–Crippen LogP) is 4.60. The number of unbranched alkanes of at least 4 members (excludes halogenated alkanes) is 8. The van der Waals surface area contributed by atoms with Crippen LogP contribution in [0.1, 0.15) is 84.0 Å². The first-order valence-corrected chi connectivity index (χ1v) is 8.17. The van der Waals surface area contributed by atoms with E-state index in [-0.39, 0.29) is 6.10 Å². The zero-order valence-electron chi connectivity index (χ0n) is 12.8. The second-order valence-corrected chi connectivity index (χ2v) is 5.68. The quantitative estimate of drug-likeness (QED) is 0.358. The van der Waals surface area contributed by atoms with Crippen molar-refractivity contribution in [2.45, 2.75) is 96.2 Å². The van der Waals surface area contributed by atoms with Crippen LogP contribution in [-0.2, 0) is 0 Å². The minimum atomic E-state index is -0.425. The molecule has 0 spiro atoms. The van der Waals surface area contributed by atoms with Gasteiger partial charge in [0.1, 0.15) is 0 Å². The molecule has 0 saturated heterocycles. The van der Waals surface area contributed by atoms with Crippen molar-refractivity contribution in [3.05, 3.63) is 12.7 Å². The fourth-order valence-corrected chi connectivity index (χ4v) is 2.41. The lowest BCUT2D eigenvalue weighted by Gasteiger charge is -2.14. The normalized spacial score (nSPS) is 14.3. The first-order chi connectivity index (χ1) is 9.20. The highest BCUT2D eigenvalue weighted by atomic mass is 16.3. The largest absolute Gasteiger partial charge is 0.393 e. The van der Waals surface area contributed by atoms with Gasteiger partial charge in [-0.15, -0.1) is 6.58 Å². The van der Waals surface area contributed by atoms with Crippen LogP contribution in [0.4, 0.5) is 0 Å². The first kappa shape index (κ1) is 18.7. The van der Waals surface area contributed by atoms with E-state index in [9.17, 15) is 10.2 Å². The molecule has 0 bridgehead atoms. The third-order valence-corrected chi connectivity index (χ3v) is 3.62. The second-order valence-electron chi connectivity index (χ2n) is 5.68. The molecule has 0 fully saturated rings. The molecule has 2 nitrogen and oxygen atoms in total. The molecule has 0 aromatic heterocycles. The molecule has 0 aliphatic carbocycles. The minimum Gasteiger partial charge on any atom is -0.393 e. The van der Waals surface area contributed by atoms with Crippen LogP contribution in [0.3, 0.4) is 0 Å². The van der Waals surface area contributed by atoms with Gasteiger partial charge >= 0.3 is 0 Å². The van der Waals surface area contributed by atoms with Crippen LogP contribution in [-0.4, -0.2) is 22.4 Å². The van der Waals surface area contributed by atoms with Gasteiger partial charge in [0.2, 0.25) is 0 Å². The zero-order valence-corrected chi connectivity index (χ0v) is 12.8. The van der Waals surface area contributed by atoms with Crippen LogP contribution >= 0.6 is 0 Å². The summed E-state index contributed by atoms with van der Waals surface area (Å²) in [4.78, 5) is 0. The van der Waals surface area contributed by atoms with Crippen LogP contribution in [0, 0.1) is 0 Å². The Morgan fingerprint density at radius 2 is 1.37 bits per heavy atom. The summed E-state index contributed by atoms with van der Waals surface area (Å²) in [6.07, 6.45) is 14.5. The summed E-state index contributed by atoms with van der Waals surface area (Å²) in [5.74, 6) is 0. The van der Waals surface area contributed by atoms with Gasteiger partial charge in [0.05, 0.1) is 12.2 Å². The Hall–Kier alpha value is -0.340. The lowest BCUT2D eigenvalue weighted by atomic mass is 10.0. The molecule has 0 radical (unpaired) electrons. The average Bonchev–Trinajstić information content (AvgIpc) is 2.37. The zero-order chi connectivity index (χ0) is 14.3. The summed E-state index contributed by atoms with van der Waals surface area (Å²) in [6, 6.07) is 0. The smallest absolute Gasteiger partial charge is 0.0599 e. The summed E-state index contributed by atoms with van der Waals surface area (Å²) < 4.78 is 0. The molecule has 0 aromatic carbocycles. The predicted molar refractivity (Wildman–Crippen MR) is 83.3 cm³/mol. The van der Waals surface area contributed by atoms with Crippen LogP contribution in [0.15, 0.2) is 12.7 Å². The standard InChI is InChI=1S/C17H34O2/c1-3-5-6-7-8-9-10-11-12-14-17(19)15-16(18)13-4-2/h4,16-19H,2-3,5-15H2,1H3/t16-,17-/m0/s1.